The molecule has 29 heavy (non-hydrogen) atoms. The van der Waals surface area contributed by atoms with Gasteiger partial charge in [-0.1, -0.05) is 47.2 Å². The third-order valence-corrected chi connectivity index (χ3v) is 5.36. The van der Waals surface area contributed by atoms with E-state index in [1.54, 1.807) is 18.2 Å². The van der Waals surface area contributed by atoms with Crippen molar-refractivity contribution in [2.75, 3.05) is 5.01 Å². The van der Waals surface area contributed by atoms with Crippen LogP contribution in [0.4, 0.5) is 9.52 Å². The van der Waals surface area contributed by atoms with Crippen molar-refractivity contribution in [3.8, 4) is 0 Å². The molecular weight excluding hydrogens is 385 g/mol. The van der Waals surface area contributed by atoms with E-state index in [1.807, 2.05) is 50.2 Å². The first-order chi connectivity index (χ1) is 14.0. The number of thiazole rings is 1. The highest BCUT2D eigenvalue weighted by Gasteiger charge is 2.21. The van der Waals surface area contributed by atoms with E-state index in [0.717, 1.165) is 21.3 Å². The maximum Gasteiger partial charge on any atom is 0.280 e. The van der Waals surface area contributed by atoms with Gasteiger partial charge in [-0.15, -0.1) is 0 Å². The zero-order valence-electron chi connectivity index (χ0n) is 16.0. The van der Waals surface area contributed by atoms with Crippen molar-refractivity contribution in [2.45, 2.75) is 13.8 Å². The first kappa shape index (κ1) is 19.0. The van der Waals surface area contributed by atoms with Crippen LogP contribution in [-0.4, -0.2) is 17.1 Å². The van der Waals surface area contributed by atoms with Gasteiger partial charge in [-0.05, 0) is 61.4 Å². The number of aryl methyl sites for hydroxylation is 2. The zero-order chi connectivity index (χ0) is 20.4. The molecule has 0 radical (unpaired) electrons. The lowest BCUT2D eigenvalue weighted by Crippen LogP contribution is -2.25. The van der Waals surface area contributed by atoms with Crippen LogP contribution in [0.3, 0.4) is 0 Å². The predicted molar refractivity (Wildman–Crippen MR) is 116 cm³/mol. The molecule has 0 aliphatic rings. The number of carbonyl (C=O) groups excluding carboxylic acids is 1. The monoisotopic (exact) mass is 403 g/mol. The van der Waals surface area contributed by atoms with Crippen molar-refractivity contribution >= 4 is 38.8 Å². The van der Waals surface area contributed by atoms with E-state index in [1.165, 1.54) is 34.7 Å². The summed E-state index contributed by atoms with van der Waals surface area (Å²) in [6.45, 7) is 3.95. The van der Waals surface area contributed by atoms with Crippen LogP contribution in [0.5, 0.6) is 0 Å². The number of benzene rings is 3. The fraction of sp³-hybridized carbons (Fsp3) is 0.0870. The molecule has 4 aromatic rings. The number of hydrogen-bond donors (Lipinski definition) is 0. The number of fused-ring (bicyclic) bond motifs is 1. The topological polar surface area (TPSA) is 45.6 Å². The Morgan fingerprint density at radius 1 is 1.03 bits per heavy atom. The molecule has 0 atom stereocenters. The minimum absolute atomic E-state index is 0.275. The van der Waals surface area contributed by atoms with Crippen LogP contribution in [0.25, 0.3) is 10.2 Å². The van der Waals surface area contributed by atoms with Gasteiger partial charge < -0.3 is 0 Å². The van der Waals surface area contributed by atoms with Crippen LogP contribution >= 0.6 is 11.3 Å². The van der Waals surface area contributed by atoms with E-state index in [-0.39, 0.29) is 11.7 Å². The molecule has 3 aromatic carbocycles. The van der Waals surface area contributed by atoms with Gasteiger partial charge in [0.2, 0.25) is 5.13 Å². The summed E-state index contributed by atoms with van der Waals surface area (Å²) in [4.78, 5) is 17.8. The Balaban J connectivity index is 1.76. The number of aromatic nitrogens is 1. The van der Waals surface area contributed by atoms with Gasteiger partial charge in [0.1, 0.15) is 5.82 Å². The van der Waals surface area contributed by atoms with Crippen molar-refractivity contribution in [2.24, 2.45) is 5.10 Å². The van der Waals surface area contributed by atoms with Gasteiger partial charge in [-0.25, -0.2) is 9.37 Å². The zero-order valence-corrected chi connectivity index (χ0v) is 16.8. The van der Waals surface area contributed by atoms with Gasteiger partial charge in [-0.2, -0.15) is 10.1 Å². The Kier molecular flexibility index (Phi) is 5.18. The molecule has 0 N–H and O–H groups in total. The molecule has 1 aromatic heterocycles. The number of hydrogen-bond acceptors (Lipinski definition) is 4. The number of hydrazone groups is 1. The molecule has 144 valence electrons. The van der Waals surface area contributed by atoms with Crippen LogP contribution in [0.1, 0.15) is 27.0 Å². The summed E-state index contributed by atoms with van der Waals surface area (Å²) >= 11 is 1.40. The fourth-order valence-corrected chi connectivity index (χ4v) is 3.89. The van der Waals surface area contributed by atoms with Gasteiger partial charge >= 0.3 is 0 Å². The van der Waals surface area contributed by atoms with Crippen molar-refractivity contribution in [1.29, 1.82) is 0 Å². The van der Waals surface area contributed by atoms with Gasteiger partial charge in [0.05, 0.1) is 16.4 Å². The van der Waals surface area contributed by atoms with E-state index in [4.69, 9.17) is 0 Å². The molecule has 0 aliphatic carbocycles. The summed E-state index contributed by atoms with van der Waals surface area (Å²) in [7, 11) is 0. The Bertz CT molecular complexity index is 1210. The summed E-state index contributed by atoms with van der Waals surface area (Å²) in [5.74, 6) is -0.598. The maximum absolute atomic E-state index is 13.2. The number of rotatable bonds is 4. The lowest BCUT2D eigenvalue weighted by Gasteiger charge is -2.14. The Labute approximate surface area is 171 Å². The van der Waals surface area contributed by atoms with Gasteiger partial charge in [0.25, 0.3) is 5.91 Å². The van der Waals surface area contributed by atoms with E-state index in [0.29, 0.717) is 16.3 Å². The predicted octanol–water partition coefficient (Wildman–Crippen LogP) is 5.73. The molecule has 4 nitrogen and oxygen atoms in total. The lowest BCUT2D eigenvalue weighted by molar-refractivity contribution is 0.0987. The number of halogens is 1. The SMILES string of the molecule is Cc1cccc(C(=O)N(/N=C/c2ccc(F)cc2)c2nc3ccc(C)cc3s2)c1. The molecule has 6 heteroatoms. The highest BCUT2D eigenvalue weighted by Crippen LogP contribution is 2.30. The van der Waals surface area contributed by atoms with E-state index < -0.39 is 0 Å². The number of nitrogens with zero attached hydrogens (tertiary/aromatic N) is 3. The fourth-order valence-electron chi connectivity index (χ4n) is 2.87. The molecule has 1 amide bonds. The molecule has 0 spiro atoms. The molecular formula is C23H18FN3OS. The second-order valence-electron chi connectivity index (χ2n) is 6.75. The van der Waals surface area contributed by atoms with Gasteiger partial charge in [0.15, 0.2) is 0 Å². The molecule has 1 heterocycles. The van der Waals surface area contributed by atoms with Crippen molar-refractivity contribution in [3.63, 3.8) is 0 Å². The largest absolute Gasteiger partial charge is 0.280 e. The smallest absolute Gasteiger partial charge is 0.267 e. The molecule has 0 unspecified atom stereocenters. The number of anilines is 1. The molecule has 0 saturated heterocycles. The Morgan fingerprint density at radius 3 is 2.55 bits per heavy atom. The third kappa shape index (κ3) is 4.22. The molecule has 0 bridgehead atoms. The molecule has 0 saturated carbocycles. The summed E-state index contributed by atoms with van der Waals surface area (Å²) < 4.78 is 14.2. The maximum atomic E-state index is 13.2. The standard InChI is InChI=1S/C23H18FN3OS/c1-15-4-3-5-18(12-15)22(28)27(25-14-17-7-9-19(24)10-8-17)23-26-20-11-6-16(2)13-21(20)29-23/h3-14H,1-2H3/b25-14+. The second kappa shape index (κ2) is 7.93. The van der Waals surface area contributed by atoms with Gasteiger partial charge in [0, 0.05) is 5.56 Å². The van der Waals surface area contributed by atoms with Crippen molar-refractivity contribution in [3.05, 3.63) is 94.8 Å². The number of carbonyl (C=O) groups is 1. The summed E-state index contributed by atoms with van der Waals surface area (Å²) in [5, 5.41) is 6.19. The van der Waals surface area contributed by atoms with Crippen LogP contribution < -0.4 is 5.01 Å². The van der Waals surface area contributed by atoms with E-state index in [9.17, 15) is 9.18 Å². The minimum Gasteiger partial charge on any atom is -0.267 e. The highest BCUT2D eigenvalue weighted by molar-refractivity contribution is 7.22. The van der Waals surface area contributed by atoms with E-state index >= 15 is 0 Å². The normalized spacial score (nSPS) is 11.3. The van der Waals surface area contributed by atoms with Crippen LogP contribution in [-0.2, 0) is 0 Å². The Morgan fingerprint density at radius 2 is 1.79 bits per heavy atom. The molecule has 0 aliphatic heterocycles. The Hall–Kier alpha value is -3.38. The van der Waals surface area contributed by atoms with Crippen molar-refractivity contribution < 1.29 is 9.18 Å². The van der Waals surface area contributed by atoms with Crippen molar-refractivity contribution in [1.82, 2.24) is 4.98 Å². The summed E-state index contributed by atoms with van der Waals surface area (Å²) in [6, 6.07) is 19.2. The van der Waals surface area contributed by atoms with Crippen LogP contribution in [0, 0.1) is 19.7 Å². The first-order valence-electron chi connectivity index (χ1n) is 9.07. The quantitative estimate of drug-likeness (QED) is 0.322. The minimum atomic E-state index is -0.323. The summed E-state index contributed by atoms with van der Waals surface area (Å²) in [6.07, 6.45) is 1.53. The van der Waals surface area contributed by atoms with Gasteiger partial charge in [-0.3, -0.25) is 4.79 Å². The molecule has 4 rings (SSSR count). The second-order valence-corrected chi connectivity index (χ2v) is 7.76. The van der Waals surface area contributed by atoms with Crippen LogP contribution in [0.2, 0.25) is 0 Å². The van der Waals surface area contributed by atoms with Crippen LogP contribution in [0.15, 0.2) is 71.8 Å². The number of amides is 1. The van der Waals surface area contributed by atoms with E-state index in [2.05, 4.69) is 10.1 Å². The lowest BCUT2D eigenvalue weighted by atomic mass is 10.1. The average molecular weight is 403 g/mol. The summed E-state index contributed by atoms with van der Waals surface area (Å²) in [5.41, 5.74) is 4.13. The highest BCUT2D eigenvalue weighted by atomic mass is 32.1. The molecule has 0 fully saturated rings. The average Bonchev–Trinajstić information content (AvgIpc) is 3.12. The first-order valence-corrected chi connectivity index (χ1v) is 9.89. The third-order valence-electron chi connectivity index (χ3n) is 4.36.